The van der Waals surface area contributed by atoms with Crippen LogP contribution in [0.4, 0.5) is 5.69 Å². The third-order valence-corrected chi connectivity index (χ3v) is 4.06. The van der Waals surface area contributed by atoms with Crippen LogP contribution in [0.25, 0.3) is 0 Å². The Labute approximate surface area is 114 Å². The molecule has 1 saturated heterocycles. The van der Waals surface area contributed by atoms with Crippen LogP contribution in [0.3, 0.4) is 0 Å². The minimum Gasteiger partial charge on any atom is -0.496 e. The maximum absolute atomic E-state index is 10.0. The standard InChI is InChI=1S/C15H23NO3/c1-10-7-8-16(13(10)9-17)12-5-4-6-14(19-3)15(12)11(2)18/h4-6,10-11,13,17-18H,7-9H2,1-3H3/t10?,11-,13?/m1/s1. The zero-order chi connectivity index (χ0) is 14.0. The number of hydrogen-bond donors (Lipinski definition) is 2. The molecule has 1 fully saturated rings. The first-order valence-electron chi connectivity index (χ1n) is 6.82. The van der Waals surface area contributed by atoms with Crippen molar-refractivity contribution in [2.45, 2.75) is 32.4 Å². The maximum atomic E-state index is 10.0. The average Bonchev–Trinajstić information content (AvgIpc) is 2.78. The summed E-state index contributed by atoms with van der Waals surface area (Å²) in [7, 11) is 1.61. The van der Waals surface area contributed by atoms with Crippen LogP contribution in [-0.2, 0) is 0 Å². The number of nitrogens with zero attached hydrogens (tertiary/aromatic N) is 1. The van der Waals surface area contributed by atoms with Gasteiger partial charge in [0.1, 0.15) is 5.75 Å². The summed E-state index contributed by atoms with van der Waals surface area (Å²) in [5.74, 6) is 1.15. The molecule has 0 spiro atoms. The Hall–Kier alpha value is -1.26. The lowest BCUT2D eigenvalue weighted by atomic mass is 10.0. The van der Waals surface area contributed by atoms with E-state index >= 15 is 0 Å². The molecule has 0 aromatic heterocycles. The summed E-state index contributed by atoms with van der Waals surface area (Å²) in [6.45, 7) is 4.94. The van der Waals surface area contributed by atoms with Crippen molar-refractivity contribution < 1.29 is 14.9 Å². The molecule has 1 aliphatic rings. The lowest BCUT2D eigenvalue weighted by Crippen LogP contribution is -2.36. The van der Waals surface area contributed by atoms with Gasteiger partial charge in [-0.2, -0.15) is 0 Å². The smallest absolute Gasteiger partial charge is 0.126 e. The quantitative estimate of drug-likeness (QED) is 0.874. The highest BCUT2D eigenvalue weighted by Crippen LogP contribution is 2.38. The molecule has 0 radical (unpaired) electrons. The van der Waals surface area contributed by atoms with Gasteiger partial charge in [0, 0.05) is 17.8 Å². The first kappa shape index (κ1) is 14.2. The van der Waals surface area contributed by atoms with Gasteiger partial charge < -0.3 is 19.8 Å². The second-order valence-electron chi connectivity index (χ2n) is 5.28. The van der Waals surface area contributed by atoms with Crippen LogP contribution < -0.4 is 9.64 Å². The van der Waals surface area contributed by atoms with Gasteiger partial charge in [-0.05, 0) is 31.4 Å². The van der Waals surface area contributed by atoms with E-state index in [2.05, 4.69) is 11.8 Å². The summed E-state index contributed by atoms with van der Waals surface area (Å²) >= 11 is 0. The van der Waals surface area contributed by atoms with Crippen molar-refractivity contribution in [2.24, 2.45) is 5.92 Å². The van der Waals surface area contributed by atoms with Crippen LogP contribution in [0.5, 0.6) is 5.75 Å². The van der Waals surface area contributed by atoms with Gasteiger partial charge in [-0.15, -0.1) is 0 Å². The molecule has 106 valence electrons. The molecule has 0 amide bonds. The summed E-state index contributed by atoms with van der Waals surface area (Å²) in [6, 6.07) is 5.89. The Morgan fingerprint density at radius 1 is 1.47 bits per heavy atom. The molecule has 1 heterocycles. The summed E-state index contributed by atoms with van der Waals surface area (Å²) in [6.07, 6.45) is 0.461. The molecule has 0 saturated carbocycles. The largest absolute Gasteiger partial charge is 0.496 e. The van der Waals surface area contributed by atoms with E-state index < -0.39 is 6.10 Å². The van der Waals surface area contributed by atoms with E-state index in [0.29, 0.717) is 11.7 Å². The Kier molecular flexibility index (Phi) is 4.32. The summed E-state index contributed by atoms with van der Waals surface area (Å²) in [5, 5.41) is 19.6. The fraction of sp³-hybridized carbons (Fsp3) is 0.600. The summed E-state index contributed by atoms with van der Waals surface area (Å²) < 4.78 is 5.35. The van der Waals surface area contributed by atoms with E-state index in [-0.39, 0.29) is 12.6 Å². The van der Waals surface area contributed by atoms with Crippen LogP contribution in [0.1, 0.15) is 31.9 Å². The van der Waals surface area contributed by atoms with Gasteiger partial charge in [0.25, 0.3) is 0 Å². The lowest BCUT2D eigenvalue weighted by Gasteiger charge is -2.30. The molecule has 0 bridgehead atoms. The van der Waals surface area contributed by atoms with Crippen molar-refractivity contribution in [3.8, 4) is 5.75 Å². The molecule has 4 heteroatoms. The van der Waals surface area contributed by atoms with Crippen LogP contribution in [0.15, 0.2) is 18.2 Å². The van der Waals surface area contributed by atoms with Crippen molar-refractivity contribution in [3.05, 3.63) is 23.8 Å². The molecular formula is C15H23NO3. The van der Waals surface area contributed by atoms with Crippen molar-refractivity contribution in [2.75, 3.05) is 25.2 Å². The molecule has 2 rings (SSSR count). The van der Waals surface area contributed by atoms with Crippen molar-refractivity contribution in [1.82, 2.24) is 0 Å². The Morgan fingerprint density at radius 3 is 2.79 bits per heavy atom. The van der Waals surface area contributed by atoms with Crippen molar-refractivity contribution >= 4 is 5.69 Å². The first-order valence-corrected chi connectivity index (χ1v) is 6.82. The Bertz CT molecular complexity index is 433. The van der Waals surface area contributed by atoms with Gasteiger partial charge in [-0.3, -0.25) is 0 Å². The number of aliphatic hydroxyl groups is 2. The summed E-state index contributed by atoms with van der Waals surface area (Å²) in [5.41, 5.74) is 1.77. The van der Waals surface area contributed by atoms with E-state index in [1.54, 1.807) is 14.0 Å². The Morgan fingerprint density at radius 2 is 2.21 bits per heavy atom. The van der Waals surface area contributed by atoms with Crippen LogP contribution in [-0.4, -0.2) is 36.5 Å². The third kappa shape index (κ3) is 2.55. The molecular weight excluding hydrogens is 242 g/mol. The number of rotatable bonds is 4. The molecule has 4 nitrogen and oxygen atoms in total. The van der Waals surface area contributed by atoms with E-state index in [4.69, 9.17) is 4.74 Å². The van der Waals surface area contributed by atoms with Crippen LogP contribution in [0, 0.1) is 5.92 Å². The summed E-state index contributed by atoms with van der Waals surface area (Å²) in [4.78, 5) is 2.19. The van der Waals surface area contributed by atoms with E-state index in [1.165, 1.54) is 0 Å². The molecule has 1 aromatic carbocycles. The number of hydrogen-bond acceptors (Lipinski definition) is 4. The molecule has 3 atom stereocenters. The first-order chi connectivity index (χ1) is 9.10. The topological polar surface area (TPSA) is 52.9 Å². The van der Waals surface area contributed by atoms with E-state index in [9.17, 15) is 10.2 Å². The van der Waals surface area contributed by atoms with Crippen molar-refractivity contribution in [3.63, 3.8) is 0 Å². The molecule has 2 N–H and O–H groups in total. The SMILES string of the molecule is COc1cccc(N2CCC(C)C2CO)c1[C@@H](C)O. The highest BCUT2D eigenvalue weighted by atomic mass is 16.5. The minimum absolute atomic E-state index is 0.115. The van der Waals surface area contributed by atoms with Gasteiger partial charge in [0.05, 0.1) is 25.9 Å². The normalized spacial score (nSPS) is 24.6. The molecule has 1 aromatic rings. The third-order valence-electron chi connectivity index (χ3n) is 4.06. The van der Waals surface area contributed by atoms with E-state index in [0.717, 1.165) is 24.2 Å². The van der Waals surface area contributed by atoms with Gasteiger partial charge >= 0.3 is 0 Å². The highest BCUT2D eigenvalue weighted by molar-refractivity contribution is 5.61. The zero-order valence-electron chi connectivity index (χ0n) is 11.8. The number of anilines is 1. The van der Waals surface area contributed by atoms with Crippen molar-refractivity contribution in [1.29, 1.82) is 0 Å². The molecule has 2 unspecified atom stereocenters. The predicted octanol–water partition coefficient (Wildman–Crippen LogP) is 1.96. The minimum atomic E-state index is -0.596. The number of methoxy groups -OCH3 is 1. The van der Waals surface area contributed by atoms with Gasteiger partial charge in [0.15, 0.2) is 0 Å². The second kappa shape index (κ2) is 5.80. The number of benzene rings is 1. The number of ether oxygens (including phenoxy) is 1. The fourth-order valence-electron chi connectivity index (χ4n) is 2.97. The van der Waals surface area contributed by atoms with Crippen LogP contribution >= 0.6 is 0 Å². The Balaban J connectivity index is 2.44. The number of aliphatic hydroxyl groups excluding tert-OH is 2. The van der Waals surface area contributed by atoms with Gasteiger partial charge in [-0.25, -0.2) is 0 Å². The second-order valence-corrected chi connectivity index (χ2v) is 5.28. The zero-order valence-corrected chi connectivity index (χ0v) is 11.8. The fourth-order valence-corrected chi connectivity index (χ4v) is 2.97. The van der Waals surface area contributed by atoms with Crippen LogP contribution in [0.2, 0.25) is 0 Å². The molecule has 0 aliphatic carbocycles. The molecule has 1 aliphatic heterocycles. The highest BCUT2D eigenvalue weighted by Gasteiger charge is 2.33. The monoisotopic (exact) mass is 265 g/mol. The molecule has 19 heavy (non-hydrogen) atoms. The predicted molar refractivity (Wildman–Crippen MR) is 75.6 cm³/mol. The van der Waals surface area contributed by atoms with Gasteiger partial charge in [-0.1, -0.05) is 13.0 Å². The average molecular weight is 265 g/mol. The van der Waals surface area contributed by atoms with E-state index in [1.807, 2.05) is 18.2 Å². The van der Waals surface area contributed by atoms with Gasteiger partial charge in [0.2, 0.25) is 0 Å². The maximum Gasteiger partial charge on any atom is 0.126 e. The lowest BCUT2D eigenvalue weighted by molar-refractivity contribution is 0.194.